The van der Waals surface area contributed by atoms with Crippen molar-refractivity contribution in [1.29, 1.82) is 0 Å². The van der Waals surface area contributed by atoms with E-state index < -0.39 is 0 Å². The van der Waals surface area contributed by atoms with E-state index in [1.807, 2.05) is 7.05 Å². The number of nitrogens with zero attached hydrogens (tertiary/aromatic N) is 3. The van der Waals surface area contributed by atoms with E-state index >= 15 is 0 Å². The lowest BCUT2D eigenvalue weighted by atomic mass is 9.93. The molecule has 4 fully saturated rings. The Labute approximate surface area is 176 Å². The molecule has 0 aromatic heterocycles. The number of rotatable bonds is 4. The molecule has 150 valence electrons. The van der Waals surface area contributed by atoms with Crippen LogP contribution in [0.5, 0.6) is 0 Å². The molecule has 6 heteroatoms. The molecule has 2 aliphatic heterocycles. The van der Waals surface area contributed by atoms with Crippen LogP contribution in [-0.4, -0.2) is 74.8 Å². The lowest BCUT2D eigenvalue weighted by Gasteiger charge is -2.42. The molecule has 2 bridgehead atoms. The molecule has 3 unspecified atom stereocenters. The number of ether oxygens (including phenoxy) is 1. The number of halogens is 1. The van der Waals surface area contributed by atoms with Crippen LogP contribution in [0.2, 0.25) is 0 Å². The Bertz CT molecular complexity index is 461. The van der Waals surface area contributed by atoms with Gasteiger partial charge in [-0.15, -0.1) is 24.0 Å². The van der Waals surface area contributed by atoms with Crippen molar-refractivity contribution in [3.05, 3.63) is 0 Å². The average Bonchev–Trinajstić information content (AvgIpc) is 3.30. The fourth-order valence-corrected chi connectivity index (χ4v) is 5.68. The molecule has 4 rings (SSSR count). The highest BCUT2D eigenvalue weighted by Gasteiger charge is 2.42. The lowest BCUT2D eigenvalue weighted by molar-refractivity contribution is 0.0641. The molecule has 0 spiro atoms. The maximum Gasteiger partial charge on any atom is 0.193 e. The molecule has 0 aromatic carbocycles. The predicted octanol–water partition coefficient (Wildman–Crippen LogP) is 2.80. The third-order valence-corrected chi connectivity index (χ3v) is 7.17. The SMILES string of the molecule is CN=C(NCCC1CCOCC1)N1CCN(C2CC3CCC2C3)CC1.I. The van der Waals surface area contributed by atoms with Gasteiger partial charge in [0.25, 0.3) is 0 Å². The van der Waals surface area contributed by atoms with Gasteiger partial charge in [0.2, 0.25) is 0 Å². The first-order valence-electron chi connectivity index (χ1n) is 10.6. The van der Waals surface area contributed by atoms with Crippen molar-refractivity contribution in [2.45, 2.75) is 51.0 Å². The van der Waals surface area contributed by atoms with Crippen molar-refractivity contribution in [3.8, 4) is 0 Å². The number of fused-ring (bicyclic) bond motifs is 2. The Morgan fingerprint density at radius 1 is 1.04 bits per heavy atom. The summed E-state index contributed by atoms with van der Waals surface area (Å²) >= 11 is 0. The van der Waals surface area contributed by atoms with Crippen LogP contribution in [0, 0.1) is 17.8 Å². The summed E-state index contributed by atoms with van der Waals surface area (Å²) < 4.78 is 5.46. The highest BCUT2D eigenvalue weighted by atomic mass is 127. The van der Waals surface area contributed by atoms with Gasteiger partial charge in [-0.3, -0.25) is 9.89 Å². The molecule has 0 amide bonds. The van der Waals surface area contributed by atoms with Crippen molar-refractivity contribution in [1.82, 2.24) is 15.1 Å². The van der Waals surface area contributed by atoms with E-state index in [2.05, 4.69) is 20.1 Å². The summed E-state index contributed by atoms with van der Waals surface area (Å²) in [5, 5.41) is 3.61. The predicted molar refractivity (Wildman–Crippen MR) is 117 cm³/mol. The minimum atomic E-state index is 0. The number of piperazine rings is 1. The second kappa shape index (κ2) is 9.92. The third-order valence-electron chi connectivity index (χ3n) is 7.17. The van der Waals surface area contributed by atoms with Gasteiger partial charge >= 0.3 is 0 Å². The zero-order valence-electron chi connectivity index (χ0n) is 16.4. The first-order valence-corrected chi connectivity index (χ1v) is 10.6. The van der Waals surface area contributed by atoms with E-state index in [0.29, 0.717) is 0 Å². The monoisotopic (exact) mass is 476 g/mol. The number of hydrogen-bond acceptors (Lipinski definition) is 3. The zero-order chi connectivity index (χ0) is 17.1. The van der Waals surface area contributed by atoms with Crippen LogP contribution in [-0.2, 0) is 4.74 Å². The third kappa shape index (κ3) is 4.85. The zero-order valence-corrected chi connectivity index (χ0v) is 18.7. The Hall–Kier alpha value is -0.0800. The molecule has 26 heavy (non-hydrogen) atoms. The second-order valence-electron chi connectivity index (χ2n) is 8.58. The van der Waals surface area contributed by atoms with E-state index in [9.17, 15) is 0 Å². The summed E-state index contributed by atoms with van der Waals surface area (Å²) in [5.41, 5.74) is 0. The fourth-order valence-electron chi connectivity index (χ4n) is 5.68. The van der Waals surface area contributed by atoms with Gasteiger partial charge in [-0.05, 0) is 56.3 Å². The maximum absolute atomic E-state index is 5.46. The van der Waals surface area contributed by atoms with Gasteiger partial charge in [-0.2, -0.15) is 0 Å². The van der Waals surface area contributed by atoms with Gasteiger partial charge in [-0.25, -0.2) is 0 Å². The Kier molecular flexibility index (Phi) is 7.88. The second-order valence-corrected chi connectivity index (χ2v) is 8.58. The number of aliphatic imine (C=N–C) groups is 1. The lowest BCUT2D eigenvalue weighted by Crippen LogP contribution is -2.55. The topological polar surface area (TPSA) is 40.1 Å². The van der Waals surface area contributed by atoms with Gasteiger partial charge in [-0.1, -0.05) is 6.42 Å². The molecule has 2 aliphatic carbocycles. The van der Waals surface area contributed by atoms with E-state index in [1.165, 1.54) is 58.0 Å². The van der Waals surface area contributed by atoms with Crippen molar-refractivity contribution in [3.63, 3.8) is 0 Å². The van der Waals surface area contributed by atoms with Crippen LogP contribution >= 0.6 is 24.0 Å². The maximum atomic E-state index is 5.46. The van der Waals surface area contributed by atoms with E-state index in [1.54, 1.807) is 0 Å². The molecule has 4 aliphatic rings. The molecule has 2 saturated heterocycles. The van der Waals surface area contributed by atoms with Gasteiger partial charge in [0.1, 0.15) is 0 Å². The Morgan fingerprint density at radius 2 is 1.81 bits per heavy atom. The molecule has 2 heterocycles. The van der Waals surface area contributed by atoms with Crippen molar-refractivity contribution >= 4 is 29.9 Å². The first-order chi connectivity index (χ1) is 12.3. The fraction of sp³-hybridized carbons (Fsp3) is 0.950. The van der Waals surface area contributed by atoms with Crippen molar-refractivity contribution < 1.29 is 4.74 Å². The quantitative estimate of drug-likeness (QED) is 0.385. The highest BCUT2D eigenvalue weighted by Crippen LogP contribution is 2.46. The minimum absolute atomic E-state index is 0. The van der Waals surface area contributed by atoms with Crippen LogP contribution < -0.4 is 5.32 Å². The molecule has 0 radical (unpaired) electrons. The summed E-state index contributed by atoms with van der Waals surface area (Å²) in [6.07, 6.45) is 9.68. The largest absolute Gasteiger partial charge is 0.381 e. The van der Waals surface area contributed by atoms with E-state index in [4.69, 9.17) is 4.74 Å². The van der Waals surface area contributed by atoms with E-state index in [0.717, 1.165) is 62.6 Å². The van der Waals surface area contributed by atoms with Crippen LogP contribution in [0.3, 0.4) is 0 Å². The highest BCUT2D eigenvalue weighted by molar-refractivity contribution is 14.0. The standard InChI is InChI=1S/C20H36N4O.HI/c1-21-20(22-7-4-16-5-12-25-13-6-16)24-10-8-23(9-11-24)19-15-17-2-3-18(19)14-17;/h16-19H,2-15H2,1H3,(H,21,22);1H. The molecular formula is C20H37IN4O. The number of nitrogens with one attached hydrogen (secondary N) is 1. The molecule has 5 nitrogen and oxygen atoms in total. The van der Waals surface area contributed by atoms with Crippen LogP contribution in [0.1, 0.15) is 44.9 Å². The summed E-state index contributed by atoms with van der Waals surface area (Å²) in [7, 11) is 1.93. The number of guanidine groups is 1. The van der Waals surface area contributed by atoms with Crippen molar-refractivity contribution in [2.24, 2.45) is 22.7 Å². The molecule has 2 saturated carbocycles. The number of hydrogen-bond donors (Lipinski definition) is 1. The first kappa shape index (κ1) is 20.6. The molecular weight excluding hydrogens is 439 g/mol. The smallest absolute Gasteiger partial charge is 0.193 e. The van der Waals surface area contributed by atoms with Gasteiger partial charge in [0.15, 0.2) is 5.96 Å². The summed E-state index contributed by atoms with van der Waals surface area (Å²) in [6, 6.07) is 0.893. The Morgan fingerprint density at radius 3 is 2.42 bits per heavy atom. The van der Waals surface area contributed by atoms with Crippen LogP contribution in [0.25, 0.3) is 0 Å². The summed E-state index contributed by atoms with van der Waals surface area (Å²) in [5.74, 6) is 4.00. The molecule has 1 N–H and O–H groups in total. The van der Waals surface area contributed by atoms with Crippen LogP contribution in [0.15, 0.2) is 4.99 Å². The van der Waals surface area contributed by atoms with Gasteiger partial charge < -0.3 is 15.0 Å². The van der Waals surface area contributed by atoms with Gasteiger partial charge in [0, 0.05) is 59.0 Å². The Balaban J connectivity index is 0.00000196. The van der Waals surface area contributed by atoms with E-state index in [-0.39, 0.29) is 24.0 Å². The molecule has 3 atom stereocenters. The summed E-state index contributed by atoms with van der Waals surface area (Å²) in [4.78, 5) is 9.80. The van der Waals surface area contributed by atoms with Crippen LogP contribution in [0.4, 0.5) is 0 Å². The van der Waals surface area contributed by atoms with Crippen molar-refractivity contribution in [2.75, 3.05) is 53.0 Å². The van der Waals surface area contributed by atoms with Gasteiger partial charge in [0.05, 0.1) is 0 Å². The summed E-state index contributed by atoms with van der Waals surface area (Å²) in [6.45, 7) is 7.64. The average molecular weight is 476 g/mol. The minimum Gasteiger partial charge on any atom is -0.381 e. The normalized spacial score (nSPS) is 33.3. The molecule has 0 aromatic rings.